The molecule has 0 aliphatic rings. The standard InChI is InChI=1S/C11H9NO4/c1-16-11-6-5-10(12(14)15)8-9(11)4-2-3-7-13/h5-8H,3H2,1H3. The number of carbonyl (C=O) groups excluding carboxylic acids is 1. The number of non-ortho nitro benzene ring substituents is 1. The Balaban J connectivity index is 3.13. The van der Waals surface area contributed by atoms with Crippen LogP contribution in [0, 0.1) is 22.0 Å². The Morgan fingerprint density at radius 3 is 2.88 bits per heavy atom. The lowest BCUT2D eigenvalue weighted by molar-refractivity contribution is -0.384. The molecule has 16 heavy (non-hydrogen) atoms. The number of nitrogens with zero attached hydrogens (tertiary/aromatic N) is 1. The van der Waals surface area contributed by atoms with Crippen molar-refractivity contribution in [3.05, 3.63) is 33.9 Å². The molecule has 0 atom stereocenters. The van der Waals surface area contributed by atoms with Crippen molar-refractivity contribution in [2.24, 2.45) is 0 Å². The fourth-order valence-electron chi connectivity index (χ4n) is 1.10. The van der Waals surface area contributed by atoms with Crippen LogP contribution in [0.1, 0.15) is 12.0 Å². The Morgan fingerprint density at radius 1 is 1.56 bits per heavy atom. The summed E-state index contributed by atoms with van der Waals surface area (Å²) >= 11 is 0. The monoisotopic (exact) mass is 219 g/mol. The van der Waals surface area contributed by atoms with Crippen molar-refractivity contribution in [3.8, 4) is 17.6 Å². The van der Waals surface area contributed by atoms with E-state index in [-0.39, 0.29) is 12.1 Å². The molecule has 0 amide bonds. The van der Waals surface area contributed by atoms with Crippen molar-refractivity contribution in [3.63, 3.8) is 0 Å². The lowest BCUT2D eigenvalue weighted by Crippen LogP contribution is -1.92. The van der Waals surface area contributed by atoms with Crippen molar-refractivity contribution >= 4 is 12.0 Å². The summed E-state index contributed by atoms with van der Waals surface area (Å²) in [6.45, 7) is 0. The number of nitro groups is 1. The maximum atomic E-state index is 10.5. The normalized spacial score (nSPS) is 8.81. The fraction of sp³-hybridized carbons (Fsp3) is 0.182. The summed E-state index contributed by atoms with van der Waals surface area (Å²) in [5, 5.41) is 10.5. The molecule has 0 heterocycles. The van der Waals surface area contributed by atoms with Crippen LogP contribution >= 0.6 is 0 Å². The first-order valence-electron chi connectivity index (χ1n) is 4.44. The topological polar surface area (TPSA) is 69.4 Å². The van der Waals surface area contributed by atoms with Crippen LogP contribution in [0.2, 0.25) is 0 Å². The van der Waals surface area contributed by atoms with Gasteiger partial charge in [0.05, 0.1) is 24.0 Å². The summed E-state index contributed by atoms with van der Waals surface area (Å²) in [6.07, 6.45) is 0.753. The quantitative estimate of drug-likeness (QED) is 0.334. The van der Waals surface area contributed by atoms with E-state index in [0.29, 0.717) is 17.6 Å². The molecule has 0 spiro atoms. The number of hydrogen-bond donors (Lipinski definition) is 0. The molecule has 1 rings (SSSR count). The van der Waals surface area contributed by atoms with Crippen molar-refractivity contribution < 1.29 is 14.5 Å². The number of aldehydes is 1. The average Bonchev–Trinajstić information content (AvgIpc) is 2.29. The number of hydrogen-bond acceptors (Lipinski definition) is 4. The molecule has 0 radical (unpaired) electrons. The van der Waals surface area contributed by atoms with Gasteiger partial charge >= 0.3 is 0 Å². The highest BCUT2D eigenvalue weighted by Gasteiger charge is 2.09. The van der Waals surface area contributed by atoms with Gasteiger partial charge in [0, 0.05) is 12.1 Å². The summed E-state index contributed by atoms with van der Waals surface area (Å²) < 4.78 is 5.00. The van der Waals surface area contributed by atoms with Gasteiger partial charge in [0.1, 0.15) is 12.0 Å². The Hall–Kier alpha value is -2.35. The predicted molar refractivity (Wildman–Crippen MR) is 57.2 cm³/mol. The number of nitro benzene ring substituents is 1. The Kier molecular flexibility index (Phi) is 4.04. The highest BCUT2D eigenvalue weighted by Crippen LogP contribution is 2.22. The summed E-state index contributed by atoms with van der Waals surface area (Å²) in [4.78, 5) is 20.1. The Bertz CT molecular complexity index is 471. The third-order valence-corrected chi connectivity index (χ3v) is 1.80. The first kappa shape index (κ1) is 11.7. The molecule has 0 fully saturated rings. The van der Waals surface area contributed by atoms with E-state index in [1.54, 1.807) is 0 Å². The van der Waals surface area contributed by atoms with Crippen molar-refractivity contribution in [1.82, 2.24) is 0 Å². The molecule has 1 aromatic carbocycles. The van der Waals surface area contributed by atoms with Crippen molar-refractivity contribution in [2.75, 3.05) is 7.11 Å². The Labute approximate surface area is 92.2 Å². The van der Waals surface area contributed by atoms with Gasteiger partial charge in [-0.15, -0.1) is 0 Å². The number of rotatable bonds is 3. The van der Waals surface area contributed by atoms with E-state index in [0.717, 1.165) is 0 Å². The third kappa shape index (κ3) is 2.82. The van der Waals surface area contributed by atoms with Crippen LogP contribution in [-0.4, -0.2) is 18.3 Å². The van der Waals surface area contributed by atoms with E-state index in [4.69, 9.17) is 4.74 Å². The summed E-state index contributed by atoms with van der Waals surface area (Å²) in [5.41, 5.74) is 0.342. The van der Waals surface area contributed by atoms with Crippen LogP contribution < -0.4 is 4.74 Å². The number of ether oxygens (including phenoxy) is 1. The predicted octanol–water partition coefficient (Wildman–Crippen LogP) is 1.54. The molecule has 82 valence electrons. The van der Waals surface area contributed by atoms with E-state index in [1.807, 2.05) is 0 Å². The molecule has 0 aliphatic heterocycles. The maximum Gasteiger partial charge on any atom is 0.270 e. The van der Waals surface area contributed by atoms with Crippen LogP contribution in [0.15, 0.2) is 18.2 Å². The van der Waals surface area contributed by atoms with E-state index >= 15 is 0 Å². The molecule has 0 aliphatic carbocycles. The minimum absolute atomic E-state index is 0.0591. The zero-order valence-electron chi connectivity index (χ0n) is 8.60. The smallest absolute Gasteiger partial charge is 0.270 e. The highest BCUT2D eigenvalue weighted by molar-refractivity contribution is 5.57. The molecule has 0 saturated carbocycles. The van der Waals surface area contributed by atoms with Gasteiger partial charge in [-0.2, -0.15) is 0 Å². The van der Waals surface area contributed by atoms with Crippen molar-refractivity contribution in [2.45, 2.75) is 6.42 Å². The van der Waals surface area contributed by atoms with Gasteiger partial charge in [0.2, 0.25) is 0 Å². The molecule has 5 nitrogen and oxygen atoms in total. The third-order valence-electron chi connectivity index (χ3n) is 1.80. The average molecular weight is 219 g/mol. The van der Waals surface area contributed by atoms with E-state index in [1.165, 1.54) is 25.3 Å². The van der Waals surface area contributed by atoms with Crippen LogP contribution in [-0.2, 0) is 4.79 Å². The molecule has 0 bridgehead atoms. The first-order chi connectivity index (χ1) is 7.69. The number of carbonyl (C=O) groups is 1. The van der Waals surface area contributed by atoms with Crippen LogP contribution in [0.3, 0.4) is 0 Å². The lowest BCUT2D eigenvalue weighted by Gasteiger charge is -2.01. The largest absolute Gasteiger partial charge is 0.495 e. The molecule has 0 N–H and O–H groups in total. The molecule has 0 saturated heterocycles. The zero-order chi connectivity index (χ0) is 12.0. The SMILES string of the molecule is COc1ccc([N+](=O)[O-])cc1C#CCC=O. The highest BCUT2D eigenvalue weighted by atomic mass is 16.6. The summed E-state index contributed by atoms with van der Waals surface area (Å²) in [7, 11) is 1.45. The van der Waals surface area contributed by atoms with Gasteiger partial charge in [-0.25, -0.2) is 0 Å². The second-order valence-corrected chi connectivity index (χ2v) is 2.81. The first-order valence-corrected chi connectivity index (χ1v) is 4.44. The minimum atomic E-state index is -0.510. The molecule has 0 aromatic heterocycles. The lowest BCUT2D eigenvalue weighted by atomic mass is 10.2. The molecular formula is C11H9NO4. The van der Waals surface area contributed by atoms with Gasteiger partial charge in [-0.1, -0.05) is 11.8 Å². The van der Waals surface area contributed by atoms with Gasteiger partial charge in [-0.05, 0) is 6.07 Å². The van der Waals surface area contributed by atoms with E-state index in [9.17, 15) is 14.9 Å². The van der Waals surface area contributed by atoms with Gasteiger partial charge < -0.3 is 9.53 Å². The second kappa shape index (κ2) is 5.51. The fourth-order valence-corrected chi connectivity index (χ4v) is 1.10. The molecule has 1 aromatic rings. The van der Waals surface area contributed by atoms with Gasteiger partial charge in [0.15, 0.2) is 0 Å². The second-order valence-electron chi connectivity index (χ2n) is 2.81. The van der Waals surface area contributed by atoms with Crippen LogP contribution in [0.4, 0.5) is 5.69 Å². The zero-order valence-corrected chi connectivity index (χ0v) is 8.60. The van der Waals surface area contributed by atoms with E-state index < -0.39 is 4.92 Å². The van der Waals surface area contributed by atoms with Gasteiger partial charge in [-0.3, -0.25) is 10.1 Å². The van der Waals surface area contributed by atoms with Crippen LogP contribution in [0.5, 0.6) is 5.75 Å². The summed E-state index contributed by atoms with van der Waals surface area (Å²) in [5.74, 6) is 5.67. The summed E-state index contributed by atoms with van der Waals surface area (Å²) in [6, 6.07) is 4.13. The number of benzene rings is 1. The van der Waals surface area contributed by atoms with E-state index in [2.05, 4.69) is 11.8 Å². The maximum absolute atomic E-state index is 10.5. The molecule has 5 heteroatoms. The minimum Gasteiger partial charge on any atom is -0.495 e. The van der Waals surface area contributed by atoms with Crippen LogP contribution in [0.25, 0.3) is 0 Å². The Morgan fingerprint density at radius 2 is 2.31 bits per heavy atom. The molecular weight excluding hydrogens is 210 g/mol. The van der Waals surface area contributed by atoms with Crippen molar-refractivity contribution in [1.29, 1.82) is 0 Å². The van der Waals surface area contributed by atoms with Gasteiger partial charge in [0.25, 0.3) is 5.69 Å². The molecule has 0 unspecified atom stereocenters. The number of methoxy groups -OCH3 is 1.